The summed E-state index contributed by atoms with van der Waals surface area (Å²) < 4.78 is 37.2. The highest BCUT2D eigenvalue weighted by Gasteiger charge is 2.55. The number of nitrogens with zero attached hydrogens (tertiary/aromatic N) is 2. The van der Waals surface area contributed by atoms with Crippen LogP contribution >= 0.6 is 0 Å². The van der Waals surface area contributed by atoms with E-state index in [0.29, 0.717) is 49.8 Å². The van der Waals surface area contributed by atoms with Crippen molar-refractivity contribution in [1.29, 1.82) is 0 Å². The number of aromatic nitrogens is 1. The lowest BCUT2D eigenvalue weighted by Gasteiger charge is -2.47. The minimum Gasteiger partial charge on any atom is -0.412 e. The van der Waals surface area contributed by atoms with Crippen LogP contribution in [0.3, 0.4) is 0 Å². The number of carbonyl (C=O) groups is 2. The molecule has 3 aliphatic carbocycles. The predicted octanol–water partition coefficient (Wildman–Crippen LogP) is 6.56. The van der Waals surface area contributed by atoms with Gasteiger partial charge in [0.2, 0.25) is 15.9 Å². The van der Waals surface area contributed by atoms with Gasteiger partial charge in [-0.05, 0) is 111 Å². The summed E-state index contributed by atoms with van der Waals surface area (Å²) in [5.41, 5.74) is 3.93. The molecule has 2 saturated heterocycles. The summed E-state index contributed by atoms with van der Waals surface area (Å²) in [7, 11) is -3.80. The summed E-state index contributed by atoms with van der Waals surface area (Å²) in [5, 5.41) is 0.516. The van der Waals surface area contributed by atoms with Crippen molar-refractivity contribution in [3.63, 3.8) is 0 Å². The monoisotopic (exact) mass is 702 g/mol. The first-order valence-corrected chi connectivity index (χ1v) is 20.4. The molecule has 50 heavy (non-hydrogen) atoms. The molecule has 2 aromatic carbocycles. The molecule has 2 unspecified atom stereocenters. The second-order valence-electron chi connectivity index (χ2n) is 15.6. The van der Waals surface area contributed by atoms with Gasteiger partial charge in [-0.15, -0.1) is 0 Å². The van der Waals surface area contributed by atoms with Gasteiger partial charge in [0.15, 0.2) is 0 Å². The van der Waals surface area contributed by atoms with E-state index in [9.17, 15) is 18.0 Å². The van der Waals surface area contributed by atoms with E-state index in [2.05, 4.69) is 14.2 Å². The summed E-state index contributed by atoms with van der Waals surface area (Å²) in [6.07, 6.45) is 14.2. The molecule has 5 aliphatic rings. The van der Waals surface area contributed by atoms with Crippen molar-refractivity contribution in [2.45, 2.75) is 126 Å². The zero-order valence-corrected chi connectivity index (χ0v) is 29.7. The number of benzene rings is 2. The Labute approximate surface area is 295 Å². The highest BCUT2D eigenvalue weighted by Crippen LogP contribution is 2.53. The van der Waals surface area contributed by atoms with E-state index in [1.165, 1.54) is 12.0 Å². The Balaban J connectivity index is 1.24. The molecule has 0 radical (unpaired) electrons. The molecule has 2 amide bonds. The maximum atomic E-state index is 14.7. The maximum Gasteiger partial charge on any atom is 0.264 e. The summed E-state index contributed by atoms with van der Waals surface area (Å²) in [6, 6.07) is 13.7. The standard InChI is InChI=1S/C39H50N4O6S/c40-49-31-17-14-27(15-18-31)36-35(26-8-3-1-4-9-26)33-19-16-28(37(44)41-50(46,47)32-12-5-2-6-13-32)22-34(33)42(36)25-39(20-21-39)38(45)43-29-10-7-11-30(43)24-48-23-29/h14-19,22,26,29-30,32H,1-13,20-21,23-25,40H2,(H,41,44). The number of nitrogens with two attached hydrogens (primary N) is 1. The number of nitrogens with one attached hydrogen (secondary N) is 1. The minimum absolute atomic E-state index is 0.122. The second-order valence-corrected chi connectivity index (χ2v) is 17.5. The molecule has 2 aliphatic heterocycles. The highest BCUT2D eigenvalue weighted by atomic mass is 32.2. The van der Waals surface area contributed by atoms with Crippen molar-refractivity contribution in [3.8, 4) is 17.0 Å². The van der Waals surface area contributed by atoms with Gasteiger partial charge in [-0.25, -0.2) is 13.1 Å². The van der Waals surface area contributed by atoms with E-state index in [4.69, 9.17) is 15.5 Å². The molecule has 0 spiro atoms. The minimum atomic E-state index is -3.80. The van der Waals surface area contributed by atoms with E-state index < -0.39 is 26.6 Å². The van der Waals surface area contributed by atoms with Gasteiger partial charge >= 0.3 is 0 Å². The van der Waals surface area contributed by atoms with E-state index in [-0.39, 0.29) is 18.0 Å². The second kappa shape index (κ2) is 13.6. The normalized spacial score (nSPS) is 24.2. The van der Waals surface area contributed by atoms with Crippen molar-refractivity contribution in [2.24, 2.45) is 11.3 Å². The van der Waals surface area contributed by atoms with Gasteiger partial charge in [0, 0.05) is 23.0 Å². The number of hydrogen-bond donors (Lipinski definition) is 2. The van der Waals surface area contributed by atoms with Gasteiger partial charge in [0.05, 0.1) is 41.7 Å². The average molecular weight is 703 g/mol. The van der Waals surface area contributed by atoms with E-state index in [1.54, 1.807) is 6.07 Å². The lowest BCUT2D eigenvalue weighted by molar-refractivity contribution is -0.157. The first-order chi connectivity index (χ1) is 24.3. The van der Waals surface area contributed by atoms with Crippen LogP contribution in [-0.4, -0.2) is 60.2 Å². The van der Waals surface area contributed by atoms with Gasteiger partial charge in [-0.1, -0.05) is 44.6 Å². The number of amides is 2. The predicted molar refractivity (Wildman–Crippen MR) is 192 cm³/mol. The molecule has 2 atom stereocenters. The van der Waals surface area contributed by atoms with Crippen molar-refractivity contribution in [2.75, 3.05) is 13.2 Å². The van der Waals surface area contributed by atoms with Crippen LogP contribution in [0, 0.1) is 5.41 Å². The topological polar surface area (TPSA) is 133 Å². The smallest absolute Gasteiger partial charge is 0.264 e. The van der Waals surface area contributed by atoms with Crippen molar-refractivity contribution < 1.29 is 27.6 Å². The fourth-order valence-corrected chi connectivity index (χ4v) is 11.0. The number of fused-ring (bicyclic) bond motifs is 3. The van der Waals surface area contributed by atoms with Crippen molar-refractivity contribution in [1.82, 2.24) is 14.2 Å². The Morgan fingerprint density at radius 2 is 1.52 bits per heavy atom. The van der Waals surface area contributed by atoms with Crippen molar-refractivity contribution in [3.05, 3.63) is 53.6 Å². The molecule has 1 aromatic heterocycles. The molecule has 10 nitrogen and oxygen atoms in total. The number of rotatable bonds is 9. The third-order valence-electron chi connectivity index (χ3n) is 12.4. The number of morpholine rings is 1. The number of carbonyl (C=O) groups excluding carboxylic acids is 2. The zero-order chi connectivity index (χ0) is 34.5. The lowest BCUT2D eigenvalue weighted by Crippen LogP contribution is -2.59. The molecular weight excluding hydrogens is 653 g/mol. The SMILES string of the molecule is NOc1ccc(-c2c(C3CCCCC3)c3ccc(C(=O)NS(=O)(=O)C4CCCCC4)cc3n2CC2(C(=O)N3C4CCCC3COC4)CC2)cc1. The number of ether oxygens (including phenoxy) is 1. The number of sulfonamides is 1. The summed E-state index contributed by atoms with van der Waals surface area (Å²) in [5.74, 6) is 6.01. The van der Waals surface area contributed by atoms with Crippen LogP contribution in [-0.2, 0) is 26.1 Å². The van der Waals surface area contributed by atoms with Crippen LogP contribution in [0.15, 0.2) is 42.5 Å². The van der Waals surface area contributed by atoms with Crippen LogP contribution in [0.25, 0.3) is 22.2 Å². The quantitative estimate of drug-likeness (QED) is 0.241. The average Bonchev–Trinajstić information content (AvgIpc) is 3.86. The molecule has 5 fully saturated rings. The molecule has 3 heterocycles. The van der Waals surface area contributed by atoms with Gasteiger partial charge < -0.3 is 19.0 Å². The van der Waals surface area contributed by atoms with Gasteiger partial charge in [-0.2, -0.15) is 5.90 Å². The first-order valence-electron chi connectivity index (χ1n) is 18.9. The molecular formula is C39H50N4O6S. The number of piperidine rings is 1. The number of hydrogen-bond acceptors (Lipinski definition) is 7. The van der Waals surface area contributed by atoms with Crippen LogP contribution in [0.1, 0.15) is 118 Å². The summed E-state index contributed by atoms with van der Waals surface area (Å²) >= 11 is 0. The van der Waals surface area contributed by atoms with Gasteiger partial charge in [0.25, 0.3) is 5.91 Å². The lowest BCUT2D eigenvalue weighted by atomic mass is 9.81. The van der Waals surface area contributed by atoms with Crippen LogP contribution in [0.5, 0.6) is 5.75 Å². The van der Waals surface area contributed by atoms with E-state index >= 15 is 0 Å². The van der Waals surface area contributed by atoms with Crippen LogP contribution in [0.2, 0.25) is 0 Å². The zero-order valence-electron chi connectivity index (χ0n) is 28.9. The third-order valence-corrected chi connectivity index (χ3v) is 14.2. The molecule has 8 rings (SSSR count). The van der Waals surface area contributed by atoms with E-state index in [0.717, 1.165) is 99.2 Å². The highest BCUT2D eigenvalue weighted by molar-refractivity contribution is 7.90. The molecule has 3 N–H and O–H groups in total. The molecule has 3 saturated carbocycles. The van der Waals surface area contributed by atoms with Crippen molar-refractivity contribution >= 4 is 32.7 Å². The molecule has 268 valence electrons. The maximum absolute atomic E-state index is 14.7. The Kier molecular flexibility index (Phi) is 9.18. The Morgan fingerprint density at radius 1 is 0.860 bits per heavy atom. The molecule has 2 bridgehead atoms. The fraction of sp³-hybridized carbons (Fsp3) is 0.590. The Morgan fingerprint density at radius 3 is 2.16 bits per heavy atom. The molecule has 11 heteroatoms. The van der Waals surface area contributed by atoms with Gasteiger partial charge in [-0.3, -0.25) is 9.59 Å². The van der Waals surface area contributed by atoms with E-state index in [1.807, 2.05) is 36.4 Å². The van der Waals surface area contributed by atoms with Crippen LogP contribution in [0.4, 0.5) is 0 Å². The Bertz CT molecular complexity index is 1830. The van der Waals surface area contributed by atoms with Crippen LogP contribution < -0.4 is 15.5 Å². The Hall–Kier alpha value is -3.41. The summed E-state index contributed by atoms with van der Waals surface area (Å²) in [6.45, 7) is 1.68. The first kappa shape index (κ1) is 33.7. The van der Waals surface area contributed by atoms with Gasteiger partial charge in [0.1, 0.15) is 5.75 Å². The third kappa shape index (κ3) is 6.23. The fourth-order valence-electron chi connectivity index (χ4n) is 9.47. The summed E-state index contributed by atoms with van der Waals surface area (Å²) in [4.78, 5) is 35.6. The molecule has 3 aromatic rings. The largest absolute Gasteiger partial charge is 0.412 e.